The number of carbonyl (C=O) groups is 6. The average Bonchev–Trinajstić information content (AvgIpc) is 3.18. The maximum absolute atomic E-state index is 10.9. The molecule has 288 valence electrons. The number of carboxylic acids is 6. The Morgan fingerprint density at radius 1 is 0.352 bits per heavy atom. The molecule has 6 rings (SSSR count). The van der Waals surface area contributed by atoms with Crippen LogP contribution < -0.4 is 0 Å². The highest BCUT2D eigenvalue weighted by molar-refractivity contribution is 5.89. The summed E-state index contributed by atoms with van der Waals surface area (Å²) in [4.78, 5) is 64.8. The summed E-state index contributed by atoms with van der Waals surface area (Å²) in [5.74, 6) is -3.72. The highest BCUT2D eigenvalue weighted by Crippen LogP contribution is 2.41. The van der Waals surface area contributed by atoms with Crippen LogP contribution in [0.15, 0.2) is 72.8 Å². The summed E-state index contributed by atoms with van der Waals surface area (Å²) in [5, 5.41) is 53.2. The number of hydrogen-bond acceptors (Lipinski definition) is 6. The van der Waals surface area contributed by atoms with E-state index < -0.39 is 35.8 Å². The Labute approximate surface area is 313 Å². The van der Waals surface area contributed by atoms with Crippen LogP contribution in [0.5, 0.6) is 0 Å². The van der Waals surface area contributed by atoms with Crippen LogP contribution in [-0.2, 0) is 14.4 Å². The molecule has 0 heterocycles. The van der Waals surface area contributed by atoms with Gasteiger partial charge < -0.3 is 30.6 Å². The minimum atomic E-state index is -0.970. The number of carboxylic acid groups (broad SMARTS) is 6. The van der Waals surface area contributed by atoms with Crippen LogP contribution in [0.1, 0.15) is 120 Å². The van der Waals surface area contributed by atoms with E-state index in [0.29, 0.717) is 30.6 Å². The van der Waals surface area contributed by atoms with Crippen molar-refractivity contribution in [1.82, 2.24) is 0 Å². The van der Waals surface area contributed by atoms with Crippen molar-refractivity contribution in [2.24, 2.45) is 29.6 Å². The molecule has 3 fully saturated rings. The summed E-state index contributed by atoms with van der Waals surface area (Å²) in [5.41, 5.74) is 3.54. The third-order valence-electron chi connectivity index (χ3n) is 11.2. The van der Waals surface area contributed by atoms with Crippen molar-refractivity contribution >= 4 is 35.8 Å². The molecule has 0 unspecified atom stereocenters. The van der Waals surface area contributed by atoms with E-state index in [0.717, 1.165) is 80.9 Å². The van der Waals surface area contributed by atoms with Gasteiger partial charge in [-0.25, -0.2) is 14.4 Å². The molecule has 6 N–H and O–H groups in total. The van der Waals surface area contributed by atoms with Gasteiger partial charge >= 0.3 is 35.8 Å². The summed E-state index contributed by atoms with van der Waals surface area (Å²) < 4.78 is 0. The lowest BCUT2D eigenvalue weighted by Gasteiger charge is -2.36. The highest BCUT2D eigenvalue weighted by atomic mass is 16.4. The summed E-state index contributed by atoms with van der Waals surface area (Å²) in [6, 6.07) is 19.8. The minimum Gasteiger partial charge on any atom is -0.481 e. The Balaban J connectivity index is 0.000000180. The molecule has 3 aliphatic rings. The molecule has 0 spiro atoms. The average molecular weight is 745 g/mol. The topological polar surface area (TPSA) is 224 Å². The first kappa shape index (κ1) is 41.2. The van der Waals surface area contributed by atoms with Gasteiger partial charge in [0.1, 0.15) is 0 Å². The SMILES string of the molecule is O=C(O)C1CCC(C2CCC(C(=O)O)CC2)CC1.O=C(O)c1ccc(-c2ccc(C(=O)O)cc2)cc1.O=C(O)c1ccc(C2CCC(C(=O)O)CC2)cc1. The summed E-state index contributed by atoms with van der Waals surface area (Å²) in [7, 11) is 0. The Hall–Kier alpha value is -5.52. The molecule has 0 bridgehead atoms. The molecule has 12 nitrogen and oxygen atoms in total. The molecule has 0 aromatic heterocycles. The molecule has 3 aromatic carbocycles. The van der Waals surface area contributed by atoms with Crippen LogP contribution in [0.2, 0.25) is 0 Å². The largest absolute Gasteiger partial charge is 0.481 e. The van der Waals surface area contributed by atoms with E-state index in [9.17, 15) is 28.8 Å². The van der Waals surface area contributed by atoms with E-state index in [4.69, 9.17) is 30.6 Å². The van der Waals surface area contributed by atoms with Gasteiger partial charge in [0.15, 0.2) is 0 Å². The smallest absolute Gasteiger partial charge is 0.335 e. The molecule has 0 aliphatic heterocycles. The zero-order valence-electron chi connectivity index (χ0n) is 30.0. The van der Waals surface area contributed by atoms with Gasteiger partial charge in [0.05, 0.1) is 34.4 Å². The summed E-state index contributed by atoms with van der Waals surface area (Å²) in [6.07, 6.45) is 10.4. The molecule has 0 saturated heterocycles. The van der Waals surface area contributed by atoms with Crippen molar-refractivity contribution in [3.63, 3.8) is 0 Å². The maximum Gasteiger partial charge on any atom is 0.335 e. The lowest BCUT2D eigenvalue weighted by molar-refractivity contribution is -0.145. The quantitative estimate of drug-likeness (QED) is 0.122. The van der Waals surface area contributed by atoms with Gasteiger partial charge in [-0.05, 0) is 148 Å². The molecule has 0 radical (unpaired) electrons. The van der Waals surface area contributed by atoms with Crippen molar-refractivity contribution in [3.8, 4) is 11.1 Å². The van der Waals surface area contributed by atoms with E-state index in [-0.39, 0.29) is 34.4 Å². The number of aromatic carboxylic acids is 3. The van der Waals surface area contributed by atoms with Gasteiger partial charge in [-0.1, -0.05) is 36.4 Å². The number of rotatable bonds is 9. The molecule has 3 aromatic rings. The van der Waals surface area contributed by atoms with E-state index >= 15 is 0 Å². The molecular formula is C42H48O12. The van der Waals surface area contributed by atoms with Gasteiger partial charge in [-0.15, -0.1) is 0 Å². The van der Waals surface area contributed by atoms with Crippen LogP contribution >= 0.6 is 0 Å². The number of aliphatic carboxylic acids is 3. The Morgan fingerprint density at radius 2 is 0.611 bits per heavy atom. The fourth-order valence-electron chi connectivity index (χ4n) is 7.86. The van der Waals surface area contributed by atoms with Crippen molar-refractivity contribution in [2.45, 2.75) is 83.0 Å². The summed E-state index contributed by atoms with van der Waals surface area (Å²) in [6.45, 7) is 0. The molecule has 0 amide bonds. The lowest BCUT2D eigenvalue weighted by Crippen LogP contribution is -2.29. The van der Waals surface area contributed by atoms with E-state index in [1.54, 1.807) is 36.4 Å². The maximum atomic E-state index is 10.9. The first-order chi connectivity index (χ1) is 25.7. The molecule has 12 heteroatoms. The minimum absolute atomic E-state index is 0.142. The third kappa shape index (κ3) is 11.7. The molecule has 0 atom stereocenters. The van der Waals surface area contributed by atoms with E-state index in [1.165, 1.54) is 24.3 Å². The van der Waals surface area contributed by atoms with Gasteiger partial charge in [0.25, 0.3) is 0 Å². The Kier molecular flexibility index (Phi) is 14.9. The van der Waals surface area contributed by atoms with E-state index in [2.05, 4.69) is 0 Å². The number of benzene rings is 3. The second kappa shape index (κ2) is 19.5. The second-order valence-corrected chi connectivity index (χ2v) is 14.5. The Bertz CT molecular complexity index is 1650. The normalized spacial score (nSPS) is 23.6. The molecular weight excluding hydrogens is 696 g/mol. The van der Waals surface area contributed by atoms with Gasteiger partial charge in [0.2, 0.25) is 0 Å². The van der Waals surface area contributed by atoms with Crippen molar-refractivity contribution in [3.05, 3.63) is 95.1 Å². The first-order valence-corrected chi connectivity index (χ1v) is 18.4. The third-order valence-corrected chi connectivity index (χ3v) is 11.2. The predicted molar refractivity (Wildman–Crippen MR) is 198 cm³/mol. The van der Waals surface area contributed by atoms with Crippen LogP contribution in [-0.4, -0.2) is 66.5 Å². The lowest BCUT2D eigenvalue weighted by atomic mass is 9.69. The summed E-state index contributed by atoms with van der Waals surface area (Å²) >= 11 is 0. The van der Waals surface area contributed by atoms with Gasteiger partial charge in [0, 0.05) is 0 Å². The fourth-order valence-corrected chi connectivity index (χ4v) is 7.86. The number of hydrogen-bond donors (Lipinski definition) is 6. The highest BCUT2D eigenvalue weighted by Gasteiger charge is 2.34. The van der Waals surface area contributed by atoms with Crippen molar-refractivity contribution < 1.29 is 59.4 Å². The van der Waals surface area contributed by atoms with Gasteiger partial charge in [-0.3, -0.25) is 14.4 Å². The standard InChI is InChI=1S/C14H22O4.C14H16O4.C14H10O4/c3*15-13(16)11-5-1-9(2-6-11)10-3-7-12(8-4-10)14(17)18/h9-12H,1-8H2,(H,15,16)(H,17,18);1-2,5-6,10,12H,3-4,7-8H2,(H,15,16)(H,17,18);1-8H,(H,15,16)(H,17,18). The van der Waals surface area contributed by atoms with Crippen molar-refractivity contribution in [2.75, 3.05) is 0 Å². The molecule has 3 saturated carbocycles. The fraction of sp³-hybridized carbons (Fsp3) is 0.429. The van der Waals surface area contributed by atoms with Crippen LogP contribution in [0.4, 0.5) is 0 Å². The van der Waals surface area contributed by atoms with Crippen LogP contribution in [0, 0.1) is 29.6 Å². The van der Waals surface area contributed by atoms with Gasteiger partial charge in [-0.2, -0.15) is 0 Å². The first-order valence-electron chi connectivity index (χ1n) is 18.4. The van der Waals surface area contributed by atoms with Crippen LogP contribution in [0.25, 0.3) is 11.1 Å². The Morgan fingerprint density at radius 3 is 0.870 bits per heavy atom. The van der Waals surface area contributed by atoms with E-state index in [1.807, 2.05) is 12.1 Å². The second-order valence-electron chi connectivity index (χ2n) is 14.5. The predicted octanol–water partition coefficient (Wildman–Crippen LogP) is 8.26. The molecule has 3 aliphatic carbocycles. The zero-order chi connectivity index (χ0) is 39.4. The zero-order valence-corrected chi connectivity index (χ0v) is 30.0. The monoisotopic (exact) mass is 744 g/mol. The molecule has 54 heavy (non-hydrogen) atoms. The van der Waals surface area contributed by atoms with Crippen LogP contribution in [0.3, 0.4) is 0 Å². The van der Waals surface area contributed by atoms with Crippen molar-refractivity contribution in [1.29, 1.82) is 0 Å².